The van der Waals surface area contributed by atoms with Crippen LogP contribution in [0.4, 0.5) is 5.69 Å². The number of benzene rings is 2. The van der Waals surface area contributed by atoms with Gasteiger partial charge in [-0.05, 0) is 30.4 Å². The molecule has 0 spiro atoms. The highest BCUT2D eigenvalue weighted by molar-refractivity contribution is 6.02. The normalized spacial score (nSPS) is 40.8. The summed E-state index contributed by atoms with van der Waals surface area (Å²) in [5.41, 5.74) is 0.830. The van der Waals surface area contributed by atoms with Gasteiger partial charge in [0.05, 0.1) is 30.9 Å². The van der Waals surface area contributed by atoms with Crippen molar-refractivity contribution in [2.24, 2.45) is 23.7 Å². The quantitative estimate of drug-likeness (QED) is 0.911. The Bertz CT molecular complexity index is 931. The van der Waals surface area contributed by atoms with Crippen LogP contribution in [0, 0.1) is 23.7 Å². The van der Waals surface area contributed by atoms with Crippen LogP contribution in [0.3, 0.4) is 0 Å². The van der Waals surface area contributed by atoms with E-state index in [1.807, 2.05) is 59.5 Å². The van der Waals surface area contributed by atoms with Gasteiger partial charge in [-0.2, -0.15) is 0 Å². The topological polar surface area (TPSA) is 59.0 Å². The molecule has 0 aromatic heterocycles. The number of rotatable bonds is 3. The average molecular weight is 363 g/mol. The molecule has 2 heterocycles. The van der Waals surface area contributed by atoms with Crippen molar-refractivity contribution in [3.63, 3.8) is 0 Å². The summed E-state index contributed by atoms with van der Waals surface area (Å²) >= 11 is 0. The second-order valence-corrected chi connectivity index (χ2v) is 8.10. The number of ether oxygens (including phenoxy) is 2. The van der Waals surface area contributed by atoms with E-state index in [2.05, 4.69) is 0 Å². The Kier molecular flexibility index (Phi) is 2.97. The summed E-state index contributed by atoms with van der Waals surface area (Å²) in [6.45, 7) is 0. The van der Waals surface area contributed by atoms with E-state index in [1.165, 1.54) is 0 Å². The first-order valence-corrected chi connectivity index (χ1v) is 9.57. The summed E-state index contributed by atoms with van der Waals surface area (Å²) in [5.74, 6) is 0.770. The number of methoxy groups -OCH3 is 1. The van der Waals surface area contributed by atoms with Crippen LogP contribution in [0.1, 0.15) is 12.0 Å². The van der Waals surface area contributed by atoms with Crippen molar-refractivity contribution >= 4 is 11.6 Å². The Morgan fingerprint density at radius 2 is 1.85 bits per heavy atom. The van der Waals surface area contributed by atoms with E-state index < -0.39 is 11.8 Å². The molecule has 2 aromatic carbocycles. The zero-order valence-corrected chi connectivity index (χ0v) is 15.0. The van der Waals surface area contributed by atoms with Gasteiger partial charge in [0.2, 0.25) is 5.91 Å². The SMILES string of the molecule is COc1ccccc1N1C(=O)C2C3CC4C(OC1(c1ccccc1)C42)C3O. The highest BCUT2D eigenvalue weighted by Gasteiger charge is 2.79. The largest absolute Gasteiger partial charge is 0.495 e. The summed E-state index contributed by atoms with van der Waals surface area (Å²) in [5, 5.41) is 10.7. The minimum absolute atomic E-state index is 0.0113. The second-order valence-electron chi connectivity index (χ2n) is 8.10. The Morgan fingerprint density at radius 1 is 1.11 bits per heavy atom. The summed E-state index contributed by atoms with van der Waals surface area (Å²) in [6, 6.07) is 17.6. The summed E-state index contributed by atoms with van der Waals surface area (Å²) < 4.78 is 12.2. The van der Waals surface area contributed by atoms with E-state index in [1.54, 1.807) is 7.11 Å². The number of hydrogen-bond acceptors (Lipinski definition) is 4. The molecule has 1 amide bonds. The number of para-hydroxylation sites is 2. The smallest absolute Gasteiger partial charge is 0.233 e. The van der Waals surface area contributed by atoms with Gasteiger partial charge in [-0.25, -0.2) is 0 Å². The van der Waals surface area contributed by atoms with Gasteiger partial charge in [0, 0.05) is 11.5 Å². The van der Waals surface area contributed by atoms with Crippen LogP contribution in [0.15, 0.2) is 54.6 Å². The van der Waals surface area contributed by atoms with Gasteiger partial charge >= 0.3 is 0 Å². The van der Waals surface area contributed by atoms with Gasteiger partial charge in [0.15, 0.2) is 5.72 Å². The number of aliphatic hydroxyl groups excluding tert-OH is 1. The highest BCUT2D eigenvalue weighted by Crippen LogP contribution is 2.71. The lowest BCUT2D eigenvalue weighted by Crippen LogP contribution is -2.49. The lowest BCUT2D eigenvalue weighted by Gasteiger charge is -2.39. The van der Waals surface area contributed by atoms with Crippen molar-refractivity contribution < 1.29 is 19.4 Å². The molecular formula is C22H21NO4. The molecule has 0 radical (unpaired) electrons. The molecular weight excluding hydrogens is 342 g/mol. The fraction of sp³-hybridized carbons (Fsp3) is 0.409. The molecule has 4 aliphatic rings. The number of fused-ring (bicyclic) bond motifs is 2. The number of amides is 1. The Morgan fingerprint density at radius 3 is 2.63 bits per heavy atom. The Labute approximate surface area is 157 Å². The zero-order valence-electron chi connectivity index (χ0n) is 15.0. The fourth-order valence-corrected chi connectivity index (χ4v) is 6.33. The third-order valence-electron chi connectivity index (χ3n) is 7.17. The molecule has 6 rings (SSSR count). The van der Waals surface area contributed by atoms with E-state index in [0.717, 1.165) is 17.7 Å². The van der Waals surface area contributed by atoms with Crippen LogP contribution in [0.25, 0.3) is 0 Å². The number of carbonyl (C=O) groups excluding carboxylic acids is 1. The van der Waals surface area contributed by atoms with Gasteiger partial charge < -0.3 is 14.6 Å². The van der Waals surface area contributed by atoms with Crippen LogP contribution in [-0.4, -0.2) is 30.3 Å². The first-order chi connectivity index (χ1) is 13.2. The number of nitrogens with zero attached hydrogens (tertiary/aromatic N) is 1. The molecule has 5 heteroatoms. The van der Waals surface area contributed by atoms with Crippen molar-refractivity contribution in [2.45, 2.75) is 24.4 Å². The fourth-order valence-electron chi connectivity index (χ4n) is 6.33. The van der Waals surface area contributed by atoms with Crippen LogP contribution in [-0.2, 0) is 15.3 Å². The van der Waals surface area contributed by atoms with E-state index in [9.17, 15) is 9.90 Å². The average Bonchev–Trinajstić information content (AvgIpc) is 3.38. The van der Waals surface area contributed by atoms with Crippen molar-refractivity contribution in [3.8, 4) is 5.75 Å². The van der Waals surface area contributed by atoms with Crippen LogP contribution < -0.4 is 9.64 Å². The monoisotopic (exact) mass is 363 g/mol. The maximum Gasteiger partial charge on any atom is 0.233 e. The van der Waals surface area contributed by atoms with Gasteiger partial charge in [-0.1, -0.05) is 42.5 Å². The minimum atomic E-state index is -0.876. The summed E-state index contributed by atoms with van der Waals surface area (Å²) in [6.07, 6.45) is 0.119. The third-order valence-corrected chi connectivity index (χ3v) is 7.17. The molecule has 7 atom stereocenters. The minimum Gasteiger partial charge on any atom is -0.495 e. The van der Waals surface area contributed by atoms with Crippen LogP contribution in [0.5, 0.6) is 5.75 Å². The predicted molar refractivity (Wildman–Crippen MR) is 98.1 cm³/mol. The molecule has 4 fully saturated rings. The Hall–Kier alpha value is -2.37. The molecule has 27 heavy (non-hydrogen) atoms. The Balaban J connectivity index is 1.62. The zero-order chi connectivity index (χ0) is 18.3. The molecule has 2 aliphatic carbocycles. The maximum absolute atomic E-state index is 13.7. The molecule has 2 bridgehead atoms. The van der Waals surface area contributed by atoms with Gasteiger partial charge in [0.1, 0.15) is 5.75 Å². The van der Waals surface area contributed by atoms with Crippen LogP contribution >= 0.6 is 0 Å². The molecule has 7 unspecified atom stereocenters. The van der Waals surface area contributed by atoms with Gasteiger partial charge in [0.25, 0.3) is 0 Å². The lowest BCUT2D eigenvalue weighted by atomic mass is 9.75. The number of hydrogen-bond donors (Lipinski definition) is 1. The van der Waals surface area contributed by atoms with Crippen molar-refractivity contribution in [1.29, 1.82) is 0 Å². The molecule has 2 aliphatic heterocycles. The number of aliphatic hydroxyl groups is 1. The molecule has 2 saturated carbocycles. The second kappa shape index (κ2) is 5.12. The standard InChI is InChI=1S/C22H21NO4/c1-26-16-10-6-5-9-15(16)23-21(25)17-13-11-14-18(17)22(23,27-20(14)19(13)24)12-7-3-2-4-8-12/h2-10,13-14,17-20,24H,11H2,1H3. The molecule has 5 nitrogen and oxygen atoms in total. The van der Waals surface area contributed by atoms with E-state index in [4.69, 9.17) is 9.47 Å². The van der Waals surface area contributed by atoms with Crippen molar-refractivity contribution in [3.05, 3.63) is 60.2 Å². The van der Waals surface area contributed by atoms with Crippen molar-refractivity contribution in [2.75, 3.05) is 12.0 Å². The number of carbonyl (C=O) groups is 1. The predicted octanol–water partition coefficient (Wildman–Crippen LogP) is 2.54. The third kappa shape index (κ3) is 1.66. The van der Waals surface area contributed by atoms with Crippen LogP contribution in [0.2, 0.25) is 0 Å². The molecule has 138 valence electrons. The van der Waals surface area contributed by atoms with Crippen molar-refractivity contribution in [1.82, 2.24) is 0 Å². The van der Waals surface area contributed by atoms with E-state index in [0.29, 0.717) is 5.75 Å². The first kappa shape index (κ1) is 15.7. The molecule has 2 saturated heterocycles. The summed E-state index contributed by atoms with van der Waals surface area (Å²) in [7, 11) is 1.62. The highest BCUT2D eigenvalue weighted by atomic mass is 16.6. The van der Waals surface area contributed by atoms with E-state index in [-0.39, 0.29) is 35.7 Å². The number of anilines is 1. The van der Waals surface area contributed by atoms with Gasteiger partial charge in [-0.15, -0.1) is 0 Å². The summed E-state index contributed by atoms with van der Waals surface area (Å²) in [4.78, 5) is 15.5. The molecule has 1 N–H and O–H groups in total. The first-order valence-electron chi connectivity index (χ1n) is 9.57. The molecule has 2 aromatic rings. The lowest BCUT2D eigenvalue weighted by molar-refractivity contribution is -0.133. The van der Waals surface area contributed by atoms with Gasteiger partial charge in [-0.3, -0.25) is 9.69 Å². The van der Waals surface area contributed by atoms with E-state index >= 15 is 0 Å². The maximum atomic E-state index is 13.7.